The third-order valence-corrected chi connectivity index (χ3v) is 8.04. The quantitative estimate of drug-likeness (QED) is 0.446. The summed E-state index contributed by atoms with van der Waals surface area (Å²) in [5.41, 5.74) is 0.136. The summed E-state index contributed by atoms with van der Waals surface area (Å²) in [5.74, 6) is -2.13. The second-order valence-corrected chi connectivity index (χ2v) is 10.5. The Balaban J connectivity index is 1.78. The largest absolute Gasteiger partial charge is 0.445 e. The summed E-state index contributed by atoms with van der Waals surface area (Å²) in [6.45, 7) is 8.27. The van der Waals surface area contributed by atoms with E-state index in [1.165, 1.54) is 12.2 Å². The van der Waals surface area contributed by atoms with Gasteiger partial charge < -0.3 is 20.3 Å². The molecule has 1 saturated carbocycles. The maximum Gasteiger partial charge on any atom is 0.331 e. The van der Waals surface area contributed by atoms with Crippen molar-refractivity contribution in [3.05, 3.63) is 72.4 Å². The van der Waals surface area contributed by atoms with Crippen LogP contribution in [0.15, 0.2) is 66.8 Å². The fourth-order valence-corrected chi connectivity index (χ4v) is 6.09. The molecule has 1 aliphatic carbocycles. The first-order valence-electron chi connectivity index (χ1n) is 12.7. The Labute approximate surface area is 207 Å². The molecule has 188 valence electrons. The molecular formula is C29H37NO5. The average molecular weight is 480 g/mol. The number of benzene rings is 1. The summed E-state index contributed by atoms with van der Waals surface area (Å²) in [6.07, 6.45) is 8.39. The van der Waals surface area contributed by atoms with Gasteiger partial charge in [-0.2, -0.15) is 0 Å². The topological polar surface area (TPSA) is 95.9 Å². The van der Waals surface area contributed by atoms with Gasteiger partial charge in [0.1, 0.15) is 0 Å². The number of ether oxygens (including phenoxy) is 1. The predicted molar refractivity (Wildman–Crippen MR) is 134 cm³/mol. The van der Waals surface area contributed by atoms with Gasteiger partial charge >= 0.3 is 5.97 Å². The van der Waals surface area contributed by atoms with Crippen molar-refractivity contribution in [2.75, 3.05) is 0 Å². The number of aliphatic hydroxyl groups excluding tert-OH is 2. The lowest BCUT2D eigenvalue weighted by atomic mass is 9.59. The van der Waals surface area contributed by atoms with E-state index in [4.69, 9.17) is 4.74 Å². The van der Waals surface area contributed by atoms with Gasteiger partial charge in [0, 0.05) is 18.0 Å². The van der Waals surface area contributed by atoms with Gasteiger partial charge in [-0.15, -0.1) is 0 Å². The van der Waals surface area contributed by atoms with Crippen LogP contribution in [0.2, 0.25) is 0 Å². The van der Waals surface area contributed by atoms with Crippen molar-refractivity contribution in [1.29, 1.82) is 0 Å². The Morgan fingerprint density at radius 2 is 1.86 bits per heavy atom. The van der Waals surface area contributed by atoms with Crippen molar-refractivity contribution in [1.82, 2.24) is 5.32 Å². The summed E-state index contributed by atoms with van der Waals surface area (Å²) >= 11 is 0. The molecule has 3 aliphatic rings. The first-order chi connectivity index (χ1) is 16.7. The van der Waals surface area contributed by atoms with E-state index in [9.17, 15) is 19.8 Å². The second kappa shape index (κ2) is 10.5. The number of hydrogen-bond acceptors (Lipinski definition) is 5. The molecule has 1 amide bonds. The zero-order valence-electron chi connectivity index (χ0n) is 20.6. The highest BCUT2D eigenvalue weighted by Crippen LogP contribution is 2.52. The molecule has 0 aromatic heterocycles. The molecule has 2 fully saturated rings. The fraction of sp³-hybridized carbons (Fsp3) is 0.517. The van der Waals surface area contributed by atoms with Crippen molar-refractivity contribution >= 4 is 11.9 Å². The van der Waals surface area contributed by atoms with Crippen molar-refractivity contribution < 1.29 is 24.5 Å². The molecule has 1 aromatic carbocycles. The molecule has 1 spiro atoms. The SMILES string of the molecule is C=C1C(C)C2C(Cc3ccccc3)NC(=O)C23OC(=O)/C=C/C(O)CCCC(C)C/C=C/C3C1O. The standard InChI is InChI=1S/C29H37NO5/c1-18-9-7-13-22(31)15-16-25(32)35-29-23(14-8-10-18)27(33)20(3)19(2)26(29)24(30-28(29)34)17-21-11-5-4-6-12-21/h4-6,8,11-12,14-16,18-19,22-24,26-27,31,33H,3,7,9-10,13,17H2,1-2H3,(H,30,34)/b14-8+,16-15+. The number of aliphatic hydroxyl groups is 2. The molecule has 1 aromatic rings. The van der Waals surface area contributed by atoms with E-state index in [2.05, 4.69) is 18.8 Å². The number of allylic oxidation sites excluding steroid dienone is 1. The van der Waals surface area contributed by atoms with Crippen molar-refractivity contribution in [2.45, 2.75) is 69.8 Å². The number of rotatable bonds is 2. The molecule has 35 heavy (non-hydrogen) atoms. The lowest BCUT2D eigenvalue weighted by Crippen LogP contribution is -2.61. The summed E-state index contributed by atoms with van der Waals surface area (Å²) in [4.78, 5) is 26.8. The van der Waals surface area contributed by atoms with E-state index < -0.39 is 35.6 Å². The van der Waals surface area contributed by atoms with Crippen LogP contribution < -0.4 is 5.32 Å². The van der Waals surface area contributed by atoms with Crippen LogP contribution in [0.5, 0.6) is 0 Å². The van der Waals surface area contributed by atoms with Crippen LogP contribution in [0.1, 0.15) is 45.1 Å². The summed E-state index contributed by atoms with van der Waals surface area (Å²) in [6, 6.07) is 9.59. The number of esters is 1. The highest BCUT2D eigenvalue weighted by molar-refractivity contribution is 5.94. The molecule has 1 saturated heterocycles. The Bertz CT molecular complexity index is 1000. The lowest BCUT2D eigenvalue weighted by molar-refractivity contribution is -0.182. The number of nitrogens with one attached hydrogen (secondary N) is 1. The number of carbonyl (C=O) groups is 2. The third-order valence-electron chi connectivity index (χ3n) is 8.04. The zero-order chi connectivity index (χ0) is 25.2. The van der Waals surface area contributed by atoms with Gasteiger partial charge in [-0.3, -0.25) is 4.79 Å². The van der Waals surface area contributed by atoms with Gasteiger partial charge in [0.25, 0.3) is 5.91 Å². The first-order valence-corrected chi connectivity index (χ1v) is 12.7. The van der Waals surface area contributed by atoms with Crippen LogP contribution in [-0.4, -0.2) is 45.9 Å². The van der Waals surface area contributed by atoms with Crippen molar-refractivity contribution in [3.8, 4) is 0 Å². The molecule has 8 atom stereocenters. The highest BCUT2D eigenvalue weighted by Gasteiger charge is 2.67. The predicted octanol–water partition coefficient (Wildman–Crippen LogP) is 3.49. The maximum absolute atomic E-state index is 13.7. The Hall–Kier alpha value is -2.70. The van der Waals surface area contributed by atoms with Crippen LogP contribution in [0.3, 0.4) is 0 Å². The van der Waals surface area contributed by atoms with Crippen LogP contribution in [0.4, 0.5) is 0 Å². The number of amides is 1. The Kier molecular flexibility index (Phi) is 7.62. The molecular weight excluding hydrogens is 442 g/mol. The van der Waals surface area contributed by atoms with Crippen molar-refractivity contribution in [2.24, 2.45) is 23.7 Å². The maximum atomic E-state index is 13.7. The summed E-state index contributed by atoms with van der Waals surface area (Å²) in [5, 5.41) is 24.7. The molecule has 8 unspecified atom stereocenters. The normalized spacial score (nSPS) is 40.0. The van der Waals surface area contributed by atoms with Gasteiger partial charge in [0.15, 0.2) is 0 Å². The van der Waals surface area contributed by atoms with E-state index >= 15 is 0 Å². The minimum atomic E-state index is -1.57. The van der Waals surface area contributed by atoms with Gasteiger partial charge in [0.05, 0.1) is 18.1 Å². The molecule has 4 rings (SSSR count). The molecule has 3 N–H and O–H groups in total. The summed E-state index contributed by atoms with van der Waals surface area (Å²) in [7, 11) is 0. The lowest BCUT2D eigenvalue weighted by Gasteiger charge is -2.49. The van der Waals surface area contributed by atoms with Crippen LogP contribution >= 0.6 is 0 Å². The Morgan fingerprint density at radius 3 is 2.60 bits per heavy atom. The number of carbonyl (C=O) groups excluding carboxylic acids is 2. The monoisotopic (exact) mass is 479 g/mol. The van der Waals surface area contributed by atoms with Crippen LogP contribution in [0.25, 0.3) is 0 Å². The minimum Gasteiger partial charge on any atom is -0.445 e. The van der Waals surface area contributed by atoms with Crippen LogP contribution in [0, 0.1) is 23.7 Å². The molecule has 0 bridgehead atoms. The molecule has 2 heterocycles. The minimum absolute atomic E-state index is 0.262. The molecule has 6 nitrogen and oxygen atoms in total. The smallest absolute Gasteiger partial charge is 0.331 e. The van der Waals surface area contributed by atoms with Gasteiger partial charge in [-0.05, 0) is 48.3 Å². The van der Waals surface area contributed by atoms with Gasteiger partial charge in [-0.1, -0.05) is 75.8 Å². The first kappa shape index (κ1) is 25.4. The molecule has 2 aliphatic heterocycles. The summed E-state index contributed by atoms with van der Waals surface area (Å²) < 4.78 is 6.05. The third kappa shape index (κ3) is 5.00. The molecule has 0 radical (unpaired) electrons. The second-order valence-electron chi connectivity index (χ2n) is 10.5. The fourth-order valence-electron chi connectivity index (χ4n) is 6.09. The van der Waals surface area contributed by atoms with Gasteiger partial charge in [0.2, 0.25) is 5.60 Å². The van der Waals surface area contributed by atoms with E-state index in [-0.39, 0.29) is 17.9 Å². The zero-order valence-corrected chi connectivity index (χ0v) is 20.6. The molecule has 6 heteroatoms. The van der Waals surface area contributed by atoms with Gasteiger partial charge in [-0.25, -0.2) is 4.79 Å². The average Bonchev–Trinajstić information content (AvgIpc) is 3.09. The Morgan fingerprint density at radius 1 is 1.11 bits per heavy atom. The van der Waals surface area contributed by atoms with Crippen LogP contribution in [-0.2, 0) is 20.7 Å². The van der Waals surface area contributed by atoms with E-state index in [1.54, 1.807) is 0 Å². The number of hydrogen-bond donors (Lipinski definition) is 3. The highest BCUT2D eigenvalue weighted by atomic mass is 16.6. The van der Waals surface area contributed by atoms with E-state index in [1.807, 2.05) is 49.4 Å². The van der Waals surface area contributed by atoms with E-state index in [0.29, 0.717) is 24.3 Å². The van der Waals surface area contributed by atoms with Crippen molar-refractivity contribution in [3.63, 3.8) is 0 Å². The van der Waals surface area contributed by atoms with E-state index in [0.717, 1.165) is 24.8 Å².